The first-order valence-corrected chi connectivity index (χ1v) is 4.67. The largest absolute Gasteiger partial charge is 0.508 e. The van der Waals surface area contributed by atoms with Crippen LogP contribution >= 0.6 is 0 Å². The lowest BCUT2D eigenvalue weighted by atomic mass is 10.2. The van der Waals surface area contributed by atoms with Crippen molar-refractivity contribution in [1.82, 2.24) is 0 Å². The summed E-state index contributed by atoms with van der Waals surface area (Å²) < 4.78 is 4.46. The highest BCUT2D eigenvalue weighted by Crippen LogP contribution is 2.09. The number of hydrogen-bond donors (Lipinski definition) is 3. The van der Waals surface area contributed by atoms with Crippen molar-refractivity contribution in [1.29, 1.82) is 0 Å². The molecule has 1 unspecified atom stereocenters. The second kappa shape index (κ2) is 7.67. The third kappa shape index (κ3) is 6.00. The molecule has 0 spiro atoms. The molecule has 0 saturated heterocycles. The number of aliphatic hydroxyl groups is 2. The van der Waals surface area contributed by atoms with Gasteiger partial charge >= 0.3 is 5.97 Å². The molecule has 1 aromatic carbocycles. The quantitative estimate of drug-likeness (QED) is 0.643. The van der Waals surface area contributed by atoms with Gasteiger partial charge in [0.15, 0.2) is 0 Å². The number of carbonyl (C=O) groups is 1. The molecule has 0 aliphatic carbocycles. The molecule has 0 amide bonds. The second-order valence-electron chi connectivity index (χ2n) is 3.07. The van der Waals surface area contributed by atoms with Crippen LogP contribution in [0.3, 0.4) is 0 Å². The molecule has 0 radical (unpaired) electrons. The van der Waals surface area contributed by atoms with E-state index in [1.54, 1.807) is 0 Å². The Morgan fingerprint density at radius 3 is 2.12 bits per heavy atom. The Kier molecular flexibility index (Phi) is 6.91. The van der Waals surface area contributed by atoms with Crippen molar-refractivity contribution >= 4 is 5.97 Å². The maximum absolute atomic E-state index is 10.8. The van der Waals surface area contributed by atoms with E-state index in [4.69, 9.17) is 15.3 Å². The Morgan fingerprint density at radius 1 is 1.38 bits per heavy atom. The SMILES string of the molecule is CC(O)CO.COC(=O)c1ccc(O)cc1. The predicted octanol–water partition coefficient (Wildman–Crippen LogP) is 0.538. The molecule has 0 fully saturated rings. The number of ether oxygens (including phenoxy) is 1. The topological polar surface area (TPSA) is 87.0 Å². The molecular formula is C11H16O5. The maximum atomic E-state index is 10.8. The second-order valence-corrected chi connectivity index (χ2v) is 3.07. The molecule has 1 aromatic rings. The smallest absolute Gasteiger partial charge is 0.337 e. The third-order valence-electron chi connectivity index (χ3n) is 1.55. The van der Waals surface area contributed by atoms with Gasteiger partial charge < -0.3 is 20.1 Å². The van der Waals surface area contributed by atoms with E-state index in [1.807, 2.05) is 0 Å². The van der Waals surface area contributed by atoms with Gasteiger partial charge in [-0.05, 0) is 31.2 Å². The standard InChI is InChI=1S/C8H8O3.C3H8O2/c1-11-8(10)6-2-4-7(9)5-3-6;1-3(5)2-4/h2-5,9H,1H3;3-5H,2H2,1H3. The van der Waals surface area contributed by atoms with Gasteiger partial charge in [0.2, 0.25) is 0 Å². The van der Waals surface area contributed by atoms with Crippen LogP contribution in [0.15, 0.2) is 24.3 Å². The van der Waals surface area contributed by atoms with Crippen LogP contribution in [0, 0.1) is 0 Å². The van der Waals surface area contributed by atoms with Gasteiger partial charge in [-0.1, -0.05) is 0 Å². The highest BCUT2D eigenvalue weighted by molar-refractivity contribution is 5.89. The number of phenolic OH excluding ortho intramolecular Hbond substituents is 1. The summed E-state index contributed by atoms with van der Waals surface area (Å²) in [7, 11) is 1.31. The van der Waals surface area contributed by atoms with E-state index < -0.39 is 12.1 Å². The fraction of sp³-hybridized carbons (Fsp3) is 0.364. The molecule has 0 aliphatic rings. The van der Waals surface area contributed by atoms with Crippen LogP contribution in [-0.4, -0.2) is 41.1 Å². The van der Waals surface area contributed by atoms with Crippen molar-refractivity contribution in [2.45, 2.75) is 13.0 Å². The van der Waals surface area contributed by atoms with Gasteiger partial charge in [0.1, 0.15) is 5.75 Å². The molecule has 3 N–H and O–H groups in total. The maximum Gasteiger partial charge on any atom is 0.337 e. The number of aromatic hydroxyl groups is 1. The van der Waals surface area contributed by atoms with Crippen LogP contribution in [0.4, 0.5) is 0 Å². The number of benzene rings is 1. The van der Waals surface area contributed by atoms with E-state index in [9.17, 15) is 4.79 Å². The molecule has 16 heavy (non-hydrogen) atoms. The van der Waals surface area contributed by atoms with Crippen LogP contribution in [0.25, 0.3) is 0 Å². The van der Waals surface area contributed by atoms with Gasteiger partial charge in [0.05, 0.1) is 25.4 Å². The van der Waals surface area contributed by atoms with Crippen molar-refractivity contribution < 1.29 is 24.9 Å². The number of aliphatic hydroxyl groups excluding tert-OH is 2. The molecule has 90 valence electrons. The minimum atomic E-state index is -0.560. The van der Waals surface area contributed by atoms with Gasteiger partial charge in [-0.3, -0.25) is 0 Å². The average molecular weight is 228 g/mol. The predicted molar refractivity (Wildman–Crippen MR) is 58.2 cm³/mol. The van der Waals surface area contributed by atoms with E-state index in [0.29, 0.717) is 5.56 Å². The summed E-state index contributed by atoms with van der Waals surface area (Å²) in [6, 6.07) is 5.88. The van der Waals surface area contributed by atoms with E-state index in [0.717, 1.165) is 0 Å². The zero-order valence-corrected chi connectivity index (χ0v) is 9.25. The summed E-state index contributed by atoms with van der Waals surface area (Å²) in [6.07, 6.45) is -0.560. The summed E-state index contributed by atoms with van der Waals surface area (Å²) in [5.74, 6) is -0.261. The normalized spacial score (nSPS) is 11.0. The lowest BCUT2D eigenvalue weighted by Gasteiger charge is -1.97. The highest BCUT2D eigenvalue weighted by Gasteiger charge is 2.02. The van der Waals surface area contributed by atoms with Crippen molar-refractivity contribution in [3.63, 3.8) is 0 Å². The molecule has 0 heterocycles. The Balaban J connectivity index is 0.000000385. The third-order valence-corrected chi connectivity index (χ3v) is 1.55. The van der Waals surface area contributed by atoms with E-state index in [1.165, 1.54) is 38.3 Å². The Morgan fingerprint density at radius 2 is 1.81 bits per heavy atom. The first-order chi connectivity index (χ1) is 7.51. The summed E-state index contributed by atoms with van der Waals surface area (Å²) in [5, 5.41) is 24.9. The highest BCUT2D eigenvalue weighted by atomic mass is 16.5. The Labute approximate surface area is 93.9 Å². The molecule has 0 aliphatic heterocycles. The number of carbonyl (C=O) groups excluding carboxylic acids is 1. The summed E-state index contributed by atoms with van der Waals surface area (Å²) in [6.45, 7) is 1.39. The first kappa shape index (κ1) is 14.4. The fourth-order valence-corrected chi connectivity index (χ4v) is 0.715. The van der Waals surface area contributed by atoms with Crippen LogP contribution in [0.2, 0.25) is 0 Å². The van der Waals surface area contributed by atoms with Gasteiger partial charge in [-0.25, -0.2) is 4.79 Å². The van der Waals surface area contributed by atoms with Crippen molar-refractivity contribution in [3.05, 3.63) is 29.8 Å². The number of rotatable bonds is 2. The first-order valence-electron chi connectivity index (χ1n) is 4.67. The minimum absolute atomic E-state index is 0.137. The summed E-state index contributed by atoms with van der Waals surface area (Å²) in [4.78, 5) is 10.8. The van der Waals surface area contributed by atoms with Crippen molar-refractivity contribution in [2.24, 2.45) is 0 Å². The van der Waals surface area contributed by atoms with Gasteiger partial charge in [-0.2, -0.15) is 0 Å². The van der Waals surface area contributed by atoms with Gasteiger partial charge in [0, 0.05) is 0 Å². The van der Waals surface area contributed by atoms with E-state index in [2.05, 4.69) is 4.74 Å². The van der Waals surface area contributed by atoms with E-state index in [-0.39, 0.29) is 12.4 Å². The number of methoxy groups -OCH3 is 1. The molecule has 1 rings (SSSR count). The molecule has 1 atom stereocenters. The van der Waals surface area contributed by atoms with Crippen LogP contribution in [-0.2, 0) is 4.74 Å². The number of phenols is 1. The molecular weight excluding hydrogens is 212 g/mol. The lowest BCUT2D eigenvalue weighted by Crippen LogP contribution is -2.03. The van der Waals surface area contributed by atoms with Crippen molar-refractivity contribution in [2.75, 3.05) is 13.7 Å². The fourth-order valence-electron chi connectivity index (χ4n) is 0.715. The molecule has 5 nitrogen and oxygen atoms in total. The van der Waals surface area contributed by atoms with Crippen LogP contribution in [0.1, 0.15) is 17.3 Å². The molecule has 0 bridgehead atoms. The van der Waals surface area contributed by atoms with Gasteiger partial charge in [0.25, 0.3) is 0 Å². The minimum Gasteiger partial charge on any atom is -0.508 e. The Hall–Kier alpha value is -1.59. The zero-order chi connectivity index (χ0) is 12.6. The number of esters is 1. The monoisotopic (exact) mass is 228 g/mol. The van der Waals surface area contributed by atoms with Crippen molar-refractivity contribution in [3.8, 4) is 5.75 Å². The van der Waals surface area contributed by atoms with Crippen LogP contribution < -0.4 is 0 Å². The lowest BCUT2D eigenvalue weighted by molar-refractivity contribution is 0.0600. The average Bonchev–Trinajstić information content (AvgIpc) is 2.29. The zero-order valence-electron chi connectivity index (χ0n) is 9.25. The van der Waals surface area contributed by atoms with Crippen LogP contribution in [0.5, 0.6) is 5.75 Å². The number of hydrogen-bond acceptors (Lipinski definition) is 5. The summed E-state index contributed by atoms with van der Waals surface area (Å²) >= 11 is 0. The Bertz CT molecular complexity index is 305. The van der Waals surface area contributed by atoms with Gasteiger partial charge in [-0.15, -0.1) is 0 Å². The molecule has 5 heteroatoms. The molecule has 0 aromatic heterocycles. The molecule has 0 saturated carbocycles. The summed E-state index contributed by atoms with van der Waals surface area (Å²) in [5.41, 5.74) is 0.435. The van der Waals surface area contributed by atoms with E-state index >= 15 is 0 Å².